The van der Waals surface area contributed by atoms with Gasteiger partial charge < -0.3 is 0 Å². The molecule has 1 atom stereocenters. The van der Waals surface area contributed by atoms with Crippen LogP contribution in [0.3, 0.4) is 0 Å². The first kappa shape index (κ1) is 11.5. The van der Waals surface area contributed by atoms with Gasteiger partial charge in [0.1, 0.15) is 0 Å². The van der Waals surface area contributed by atoms with Crippen LogP contribution in [0.2, 0.25) is 0 Å². The van der Waals surface area contributed by atoms with Crippen molar-refractivity contribution in [3.05, 3.63) is 35.9 Å². The van der Waals surface area contributed by atoms with Gasteiger partial charge in [0.2, 0.25) is 5.24 Å². The highest BCUT2D eigenvalue weighted by atomic mass is 35.5. The van der Waals surface area contributed by atoms with Crippen LogP contribution in [0.5, 0.6) is 0 Å². The topological polar surface area (TPSA) is 17.1 Å². The maximum absolute atomic E-state index is 11.2. The summed E-state index contributed by atoms with van der Waals surface area (Å²) in [5, 5.41) is -0.304. The first-order valence-electron chi connectivity index (χ1n) is 4.56. The fraction of sp³-hybridized carbons (Fsp3) is 0.364. The predicted octanol–water partition coefficient (Wildman–Crippen LogP) is 3.55. The van der Waals surface area contributed by atoms with E-state index in [2.05, 4.69) is 0 Å². The molecule has 3 heteroatoms. The summed E-state index contributed by atoms with van der Waals surface area (Å²) in [5.74, 6) is 0.352. The van der Waals surface area contributed by atoms with Crippen molar-refractivity contribution < 1.29 is 4.79 Å². The van der Waals surface area contributed by atoms with E-state index < -0.39 is 0 Å². The van der Waals surface area contributed by atoms with Crippen molar-refractivity contribution in [2.24, 2.45) is 0 Å². The van der Waals surface area contributed by atoms with Crippen molar-refractivity contribution in [2.75, 3.05) is 5.88 Å². The Balaban J connectivity index is 2.73. The summed E-state index contributed by atoms with van der Waals surface area (Å²) in [5.41, 5.74) is 0.970. The Bertz CT molecular complexity index is 285. The maximum atomic E-state index is 11.2. The van der Waals surface area contributed by atoms with Crippen LogP contribution in [0.25, 0.3) is 0 Å². The zero-order chi connectivity index (χ0) is 10.4. The summed E-state index contributed by atoms with van der Waals surface area (Å²) in [4.78, 5) is 11.2. The number of halogens is 2. The van der Waals surface area contributed by atoms with Gasteiger partial charge in [0.05, 0.1) is 5.92 Å². The summed E-state index contributed by atoms with van der Waals surface area (Å²) in [6.07, 6.45) is 1.52. The Labute approximate surface area is 94.0 Å². The van der Waals surface area contributed by atoms with E-state index in [-0.39, 0.29) is 11.2 Å². The van der Waals surface area contributed by atoms with E-state index in [1.807, 2.05) is 30.3 Å². The van der Waals surface area contributed by atoms with Crippen molar-refractivity contribution in [3.63, 3.8) is 0 Å². The molecule has 0 spiro atoms. The number of hydrogen-bond donors (Lipinski definition) is 0. The monoisotopic (exact) mass is 230 g/mol. The molecule has 0 bridgehead atoms. The van der Waals surface area contributed by atoms with E-state index in [0.717, 1.165) is 18.4 Å². The van der Waals surface area contributed by atoms with Gasteiger partial charge in [0.25, 0.3) is 0 Å². The highest BCUT2D eigenvalue weighted by Gasteiger charge is 2.17. The van der Waals surface area contributed by atoms with Crippen molar-refractivity contribution in [1.82, 2.24) is 0 Å². The number of alkyl halides is 1. The minimum absolute atomic E-state index is 0.211. The lowest BCUT2D eigenvalue weighted by atomic mass is 9.96. The van der Waals surface area contributed by atoms with E-state index in [4.69, 9.17) is 23.2 Å². The van der Waals surface area contributed by atoms with Crippen molar-refractivity contribution >= 4 is 28.4 Å². The molecule has 1 unspecified atom stereocenters. The van der Waals surface area contributed by atoms with Crippen LogP contribution in [-0.2, 0) is 4.79 Å². The Hall–Kier alpha value is -0.530. The molecule has 1 rings (SSSR count). The van der Waals surface area contributed by atoms with Gasteiger partial charge >= 0.3 is 0 Å². The minimum Gasteiger partial charge on any atom is -0.281 e. The van der Waals surface area contributed by atoms with E-state index in [1.54, 1.807) is 0 Å². The molecule has 0 heterocycles. The lowest BCUT2D eigenvalue weighted by Crippen LogP contribution is -2.06. The third-order valence-corrected chi connectivity index (χ3v) is 2.63. The number of rotatable bonds is 5. The molecule has 1 nitrogen and oxygen atoms in total. The number of carbonyl (C=O) groups excluding carboxylic acids is 1. The number of hydrogen-bond acceptors (Lipinski definition) is 1. The van der Waals surface area contributed by atoms with Crippen LogP contribution in [0.4, 0.5) is 0 Å². The molecule has 0 saturated carbocycles. The third-order valence-electron chi connectivity index (χ3n) is 2.10. The van der Waals surface area contributed by atoms with Crippen LogP contribution >= 0.6 is 23.2 Å². The summed E-state index contributed by atoms with van der Waals surface area (Å²) in [6.45, 7) is 0. The molecule has 0 N–H and O–H groups in total. The summed E-state index contributed by atoms with van der Waals surface area (Å²) in [6, 6.07) is 9.56. The average Bonchev–Trinajstić information content (AvgIpc) is 2.19. The fourth-order valence-corrected chi connectivity index (χ4v) is 1.77. The molecule has 0 amide bonds. The second kappa shape index (κ2) is 6.05. The molecule has 0 aliphatic heterocycles. The standard InChI is InChI=1S/C11H12Cl2O/c12-8-4-7-10(11(13)14)9-5-2-1-3-6-9/h1-3,5-6,10H,4,7-8H2. The highest BCUT2D eigenvalue weighted by Crippen LogP contribution is 2.23. The van der Waals surface area contributed by atoms with Crippen LogP contribution in [0, 0.1) is 0 Å². The van der Waals surface area contributed by atoms with Crippen LogP contribution in [-0.4, -0.2) is 11.1 Å². The van der Waals surface area contributed by atoms with E-state index in [0.29, 0.717) is 5.88 Å². The molecular formula is C11H12Cl2O. The second-order valence-electron chi connectivity index (χ2n) is 3.10. The van der Waals surface area contributed by atoms with Gasteiger partial charge in [-0.05, 0) is 30.0 Å². The highest BCUT2D eigenvalue weighted by molar-refractivity contribution is 6.64. The SMILES string of the molecule is O=C(Cl)C(CCCCl)c1ccccc1. The van der Waals surface area contributed by atoms with Crippen LogP contribution in [0.1, 0.15) is 24.3 Å². The van der Waals surface area contributed by atoms with E-state index in [9.17, 15) is 4.79 Å². The van der Waals surface area contributed by atoms with Gasteiger partial charge in [-0.1, -0.05) is 30.3 Å². The largest absolute Gasteiger partial charge is 0.281 e. The molecule has 0 radical (unpaired) electrons. The van der Waals surface area contributed by atoms with Gasteiger partial charge in [-0.3, -0.25) is 4.79 Å². The van der Waals surface area contributed by atoms with Crippen molar-refractivity contribution in [2.45, 2.75) is 18.8 Å². The average molecular weight is 231 g/mol. The Morgan fingerprint density at radius 3 is 2.43 bits per heavy atom. The minimum atomic E-state index is -0.304. The fourth-order valence-electron chi connectivity index (χ4n) is 1.38. The normalized spacial score (nSPS) is 12.4. The molecule has 0 aromatic heterocycles. The smallest absolute Gasteiger partial charge is 0.229 e. The van der Waals surface area contributed by atoms with E-state index >= 15 is 0 Å². The van der Waals surface area contributed by atoms with Gasteiger partial charge in [0.15, 0.2) is 0 Å². The van der Waals surface area contributed by atoms with Gasteiger partial charge in [-0.25, -0.2) is 0 Å². The van der Waals surface area contributed by atoms with E-state index in [1.165, 1.54) is 0 Å². The molecular weight excluding hydrogens is 219 g/mol. The maximum Gasteiger partial charge on any atom is 0.229 e. The van der Waals surface area contributed by atoms with Gasteiger partial charge in [-0.2, -0.15) is 0 Å². The second-order valence-corrected chi connectivity index (χ2v) is 3.85. The molecule has 14 heavy (non-hydrogen) atoms. The Morgan fingerprint density at radius 2 is 1.93 bits per heavy atom. The van der Waals surface area contributed by atoms with Crippen molar-refractivity contribution in [3.8, 4) is 0 Å². The zero-order valence-electron chi connectivity index (χ0n) is 7.75. The number of carbonyl (C=O) groups is 1. The van der Waals surface area contributed by atoms with Crippen molar-refractivity contribution in [1.29, 1.82) is 0 Å². The summed E-state index contributed by atoms with van der Waals surface area (Å²) in [7, 11) is 0. The summed E-state index contributed by atoms with van der Waals surface area (Å²) >= 11 is 11.1. The van der Waals surface area contributed by atoms with Crippen LogP contribution in [0.15, 0.2) is 30.3 Å². The van der Waals surface area contributed by atoms with Crippen LogP contribution < -0.4 is 0 Å². The molecule has 0 aliphatic carbocycles. The Morgan fingerprint density at radius 1 is 1.29 bits per heavy atom. The zero-order valence-corrected chi connectivity index (χ0v) is 9.26. The molecule has 1 aromatic carbocycles. The molecule has 76 valence electrons. The first-order valence-corrected chi connectivity index (χ1v) is 5.47. The third kappa shape index (κ3) is 3.32. The number of benzene rings is 1. The molecule has 0 aliphatic rings. The molecule has 0 saturated heterocycles. The lowest BCUT2D eigenvalue weighted by Gasteiger charge is -2.11. The Kier molecular flexibility index (Phi) is 4.99. The first-order chi connectivity index (χ1) is 6.75. The predicted molar refractivity (Wildman–Crippen MR) is 60.0 cm³/mol. The lowest BCUT2D eigenvalue weighted by molar-refractivity contribution is -0.113. The quantitative estimate of drug-likeness (QED) is 0.559. The summed E-state index contributed by atoms with van der Waals surface area (Å²) < 4.78 is 0. The van der Waals surface area contributed by atoms with Gasteiger partial charge in [0, 0.05) is 5.88 Å². The molecule has 0 fully saturated rings. The van der Waals surface area contributed by atoms with Gasteiger partial charge in [-0.15, -0.1) is 11.6 Å². The molecule has 1 aromatic rings.